The van der Waals surface area contributed by atoms with Crippen LogP contribution in [0.1, 0.15) is 79.2 Å². The van der Waals surface area contributed by atoms with Gasteiger partial charge in [-0.1, -0.05) is 80.1 Å². The van der Waals surface area contributed by atoms with Gasteiger partial charge in [0.1, 0.15) is 0 Å². The van der Waals surface area contributed by atoms with E-state index in [4.69, 9.17) is 4.74 Å². The van der Waals surface area contributed by atoms with E-state index in [0.717, 1.165) is 30.4 Å². The van der Waals surface area contributed by atoms with Crippen LogP contribution in [0, 0.1) is 0 Å². The zero-order valence-electron chi connectivity index (χ0n) is 21.0. The van der Waals surface area contributed by atoms with Crippen LogP contribution in [0.15, 0.2) is 78.9 Å². The van der Waals surface area contributed by atoms with E-state index in [9.17, 15) is 4.79 Å². The van der Waals surface area contributed by atoms with Crippen LogP contribution in [-0.2, 0) is 24.1 Å². The van der Waals surface area contributed by atoms with Crippen molar-refractivity contribution in [3.63, 3.8) is 0 Å². The molecule has 0 heterocycles. The summed E-state index contributed by atoms with van der Waals surface area (Å²) in [7, 11) is 0. The second kappa shape index (κ2) is 10.6. The van der Waals surface area contributed by atoms with Gasteiger partial charge < -0.3 is 9.64 Å². The van der Waals surface area contributed by atoms with Gasteiger partial charge in [-0.05, 0) is 68.0 Å². The summed E-state index contributed by atoms with van der Waals surface area (Å²) < 4.78 is 6.57. The number of carbonyl (C=O) groups excluding carboxylic acids is 1. The van der Waals surface area contributed by atoms with Gasteiger partial charge in [0.25, 0.3) is 5.91 Å². The Kier molecular flexibility index (Phi) is 7.53. The van der Waals surface area contributed by atoms with Crippen molar-refractivity contribution in [2.24, 2.45) is 0 Å². The SMILES string of the molecule is CCCCc1ccc(C(=O)N(Cc2ccccc2)[C@@H]2c3ccccc3C[C@@H]2OC(C)(C)C)cc1. The molecule has 1 aliphatic carbocycles. The smallest absolute Gasteiger partial charge is 0.254 e. The summed E-state index contributed by atoms with van der Waals surface area (Å²) in [5.41, 5.74) is 5.30. The van der Waals surface area contributed by atoms with Gasteiger partial charge >= 0.3 is 0 Å². The summed E-state index contributed by atoms with van der Waals surface area (Å²) in [4.78, 5) is 16.1. The van der Waals surface area contributed by atoms with Crippen LogP contribution in [0.3, 0.4) is 0 Å². The average molecular weight is 456 g/mol. The van der Waals surface area contributed by atoms with E-state index >= 15 is 0 Å². The number of carbonyl (C=O) groups is 1. The maximum Gasteiger partial charge on any atom is 0.254 e. The normalized spacial score (nSPS) is 17.4. The Morgan fingerprint density at radius 1 is 0.912 bits per heavy atom. The molecule has 2 atom stereocenters. The predicted molar refractivity (Wildman–Crippen MR) is 139 cm³/mol. The second-order valence-corrected chi connectivity index (χ2v) is 10.3. The monoisotopic (exact) mass is 455 g/mol. The molecule has 0 aliphatic heterocycles. The first-order valence-electron chi connectivity index (χ1n) is 12.5. The van der Waals surface area contributed by atoms with E-state index in [1.807, 2.05) is 35.2 Å². The largest absolute Gasteiger partial charge is 0.370 e. The first-order chi connectivity index (χ1) is 16.4. The number of hydrogen-bond acceptors (Lipinski definition) is 2. The van der Waals surface area contributed by atoms with Gasteiger partial charge in [0, 0.05) is 18.5 Å². The molecule has 0 saturated carbocycles. The van der Waals surface area contributed by atoms with Crippen molar-refractivity contribution < 1.29 is 9.53 Å². The van der Waals surface area contributed by atoms with E-state index in [1.54, 1.807) is 0 Å². The first kappa shape index (κ1) is 24.2. The second-order valence-electron chi connectivity index (χ2n) is 10.3. The minimum atomic E-state index is -0.298. The lowest BCUT2D eigenvalue weighted by Gasteiger charge is -2.37. The van der Waals surface area contributed by atoms with E-state index < -0.39 is 0 Å². The van der Waals surface area contributed by atoms with Gasteiger partial charge in [0.05, 0.1) is 17.7 Å². The van der Waals surface area contributed by atoms with Crippen LogP contribution in [0.2, 0.25) is 0 Å². The highest BCUT2D eigenvalue weighted by Gasteiger charge is 2.41. The molecule has 0 spiro atoms. The molecule has 3 nitrogen and oxygen atoms in total. The van der Waals surface area contributed by atoms with Gasteiger partial charge in [-0.15, -0.1) is 0 Å². The summed E-state index contributed by atoms with van der Waals surface area (Å²) in [5.74, 6) is 0.0510. The molecule has 0 unspecified atom stereocenters. The van der Waals surface area contributed by atoms with E-state index in [0.29, 0.717) is 6.54 Å². The van der Waals surface area contributed by atoms with Gasteiger partial charge in [-0.25, -0.2) is 0 Å². The van der Waals surface area contributed by atoms with Crippen LogP contribution >= 0.6 is 0 Å². The first-order valence-corrected chi connectivity index (χ1v) is 12.5. The molecule has 3 aromatic rings. The fourth-order valence-corrected chi connectivity index (χ4v) is 4.90. The molecule has 0 saturated heterocycles. The molecular formula is C31H37NO2. The number of ether oxygens (including phenoxy) is 1. The summed E-state index contributed by atoms with van der Waals surface area (Å²) in [6.45, 7) is 9.01. The number of hydrogen-bond donors (Lipinski definition) is 0. The molecule has 0 radical (unpaired) electrons. The lowest BCUT2D eigenvalue weighted by Crippen LogP contribution is -2.42. The Hall–Kier alpha value is -2.91. The molecule has 34 heavy (non-hydrogen) atoms. The van der Waals surface area contributed by atoms with Crippen LogP contribution in [0.5, 0.6) is 0 Å². The highest BCUT2D eigenvalue weighted by atomic mass is 16.5. The van der Waals surface area contributed by atoms with Crippen molar-refractivity contribution in [1.29, 1.82) is 0 Å². The molecule has 3 heteroatoms. The number of unbranched alkanes of at least 4 members (excludes halogenated alkanes) is 1. The van der Waals surface area contributed by atoms with E-state index in [-0.39, 0.29) is 23.7 Å². The molecule has 0 aromatic heterocycles. The van der Waals surface area contributed by atoms with Gasteiger partial charge in [-0.3, -0.25) is 4.79 Å². The highest BCUT2D eigenvalue weighted by Crippen LogP contribution is 2.40. The minimum Gasteiger partial charge on any atom is -0.370 e. The highest BCUT2D eigenvalue weighted by molar-refractivity contribution is 5.94. The van der Waals surface area contributed by atoms with Crippen LogP contribution in [0.25, 0.3) is 0 Å². The maximum absolute atomic E-state index is 14.1. The quantitative estimate of drug-likeness (QED) is 0.361. The number of rotatable bonds is 8. The molecule has 178 valence electrons. The van der Waals surface area contributed by atoms with Crippen LogP contribution in [0.4, 0.5) is 0 Å². The third kappa shape index (κ3) is 5.77. The number of benzene rings is 3. The molecule has 4 rings (SSSR count). The van der Waals surface area contributed by atoms with Crippen molar-refractivity contribution in [2.45, 2.75) is 77.7 Å². The van der Waals surface area contributed by atoms with Crippen LogP contribution in [-0.4, -0.2) is 22.5 Å². The Balaban J connectivity index is 1.71. The topological polar surface area (TPSA) is 29.5 Å². The van der Waals surface area contributed by atoms with E-state index in [2.05, 4.69) is 76.2 Å². The van der Waals surface area contributed by atoms with E-state index in [1.165, 1.54) is 23.1 Å². The maximum atomic E-state index is 14.1. The Bertz CT molecular complexity index is 1080. The third-order valence-electron chi connectivity index (χ3n) is 6.46. The lowest BCUT2D eigenvalue weighted by molar-refractivity contribution is -0.0865. The molecule has 3 aromatic carbocycles. The summed E-state index contributed by atoms with van der Waals surface area (Å²) in [6, 6.07) is 26.8. The zero-order chi connectivity index (χ0) is 24.1. The Morgan fingerprint density at radius 3 is 2.26 bits per heavy atom. The van der Waals surface area contributed by atoms with Crippen molar-refractivity contribution >= 4 is 5.91 Å². The molecule has 1 amide bonds. The lowest BCUT2D eigenvalue weighted by atomic mass is 10.0. The number of nitrogens with zero attached hydrogens (tertiary/aromatic N) is 1. The molecule has 0 fully saturated rings. The number of aryl methyl sites for hydroxylation is 1. The Labute approximate surface area is 204 Å². The molecule has 1 aliphatic rings. The molecular weight excluding hydrogens is 418 g/mol. The third-order valence-corrected chi connectivity index (χ3v) is 6.46. The number of amides is 1. The predicted octanol–water partition coefficient (Wildman–Crippen LogP) is 7.15. The number of fused-ring (bicyclic) bond motifs is 1. The average Bonchev–Trinajstić information content (AvgIpc) is 3.17. The van der Waals surface area contributed by atoms with Gasteiger partial charge in [-0.2, -0.15) is 0 Å². The van der Waals surface area contributed by atoms with Gasteiger partial charge in [0.15, 0.2) is 0 Å². The van der Waals surface area contributed by atoms with Crippen molar-refractivity contribution in [3.8, 4) is 0 Å². The van der Waals surface area contributed by atoms with Crippen molar-refractivity contribution in [1.82, 2.24) is 4.90 Å². The van der Waals surface area contributed by atoms with Crippen molar-refractivity contribution in [2.75, 3.05) is 0 Å². The summed E-state index contributed by atoms with van der Waals surface area (Å²) in [6.07, 6.45) is 4.11. The van der Waals surface area contributed by atoms with Crippen molar-refractivity contribution in [3.05, 3.63) is 107 Å². The van der Waals surface area contributed by atoms with Crippen LogP contribution < -0.4 is 0 Å². The van der Waals surface area contributed by atoms with Gasteiger partial charge in [0.2, 0.25) is 0 Å². The fourth-order valence-electron chi connectivity index (χ4n) is 4.90. The standard InChI is InChI=1S/C31H37NO2/c1-5-6-12-23-17-19-25(20-18-23)30(33)32(22-24-13-8-7-9-14-24)29-27-16-11-10-15-26(27)21-28(29)34-31(2,3)4/h7-11,13-20,28-29H,5-6,12,21-22H2,1-4H3/t28-,29+/m0/s1. The molecule has 0 N–H and O–H groups in total. The summed E-state index contributed by atoms with van der Waals surface area (Å²) in [5, 5.41) is 0. The summed E-state index contributed by atoms with van der Waals surface area (Å²) >= 11 is 0. The fraction of sp³-hybridized carbons (Fsp3) is 0.387. The minimum absolute atomic E-state index is 0.0510. The molecule has 0 bridgehead atoms. The zero-order valence-corrected chi connectivity index (χ0v) is 21.0. The Morgan fingerprint density at radius 2 is 1.59 bits per heavy atom.